The summed E-state index contributed by atoms with van der Waals surface area (Å²) in [4.78, 5) is 24.2. The first-order valence-corrected chi connectivity index (χ1v) is 9.92. The van der Waals surface area contributed by atoms with Crippen LogP contribution in [0, 0.1) is 12.7 Å². The van der Waals surface area contributed by atoms with Gasteiger partial charge in [0, 0.05) is 10.7 Å². The number of benzene rings is 2. The Labute approximate surface area is 166 Å². The third-order valence-electron chi connectivity index (χ3n) is 3.85. The van der Waals surface area contributed by atoms with Crippen molar-refractivity contribution in [3.63, 3.8) is 0 Å². The van der Waals surface area contributed by atoms with Gasteiger partial charge in [-0.25, -0.2) is 22.3 Å². The molecule has 0 bridgehead atoms. The van der Waals surface area contributed by atoms with Crippen LogP contribution in [0.15, 0.2) is 41.3 Å². The molecule has 10 heteroatoms. The molecule has 2 aromatic rings. The summed E-state index contributed by atoms with van der Waals surface area (Å²) in [6.07, 6.45) is -1.27. The van der Waals surface area contributed by atoms with Gasteiger partial charge in [0.25, 0.3) is 5.91 Å². The fourth-order valence-electron chi connectivity index (χ4n) is 2.19. The number of carbonyl (C=O) groups is 2. The Balaban J connectivity index is 2.17. The number of rotatable bonds is 6. The van der Waals surface area contributed by atoms with Crippen molar-refractivity contribution in [2.45, 2.75) is 24.8 Å². The summed E-state index contributed by atoms with van der Waals surface area (Å²) in [5.74, 6) is -2.80. The number of carbonyl (C=O) groups excluding carboxylic acids is 2. The molecule has 1 amide bonds. The van der Waals surface area contributed by atoms with E-state index in [0.717, 1.165) is 23.8 Å². The molecular weight excluding hydrogens is 411 g/mol. The van der Waals surface area contributed by atoms with Crippen molar-refractivity contribution in [1.82, 2.24) is 4.72 Å². The molecule has 0 saturated carbocycles. The van der Waals surface area contributed by atoms with E-state index in [1.54, 1.807) is 19.1 Å². The molecule has 0 aliphatic rings. The zero-order chi connectivity index (χ0) is 21.1. The zero-order valence-corrected chi connectivity index (χ0v) is 16.8. The minimum atomic E-state index is -3.88. The number of sulfonamides is 1. The Hall–Kier alpha value is -2.49. The molecule has 0 aromatic heterocycles. The summed E-state index contributed by atoms with van der Waals surface area (Å²) in [5, 5.41) is 2.98. The molecule has 2 N–H and O–H groups in total. The Bertz CT molecular complexity index is 1030. The second-order valence-electron chi connectivity index (χ2n) is 5.85. The molecule has 0 aliphatic heterocycles. The average molecular weight is 429 g/mol. The second kappa shape index (κ2) is 8.68. The lowest BCUT2D eigenvalue weighted by Crippen LogP contribution is -2.30. The van der Waals surface area contributed by atoms with Crippen molar-refractivity contribution >= 4 is 39.2 Å². The summed E-state index contributed by atoms with van der Waals surface area (Å²) >= 11 is 5.89. The first kappa shape index (κ1) is 21.8. The maximum atomic E-state index is 14.0. The molecule has 2 aromatic carbocycles. The maximum absolute atomic E-state index is 14.0. The predicted molar refractivity (Wildman–Crippen MR) is 102 cm³/mol. The molecule has 7 nitrogen and oxygen atoms in total. The van der Waals surface area contributed by atoms with Crippen molar-refractivity contribution in [3.05, 3.63) is 58.4 Å². The van der Waals surface area contributed by atoms with Gasteiger partial charge in [-0.15, -0.1) is 0 Å². The number of hydrogen-bond acceptors (Lipinski definition) is 5. The van der Waals surface area contributed by atoms with Crippen LogP contribution in [0.1, 0.15) is 22.8 Å². The van der Waals surface area contributed by atoms with Gasteiger partial charge in [0.2, 0.25) is 10.0 Å². The highest BCUT2D eigenvalue weighted by Gasteiger charge is 2.24. The van der Waals surface area contributed by atoms with Gasteiger partial charge in [-0.2, -0.15) is 0 Å². The van der Waals surface area contributed by atoms with Crippen LogP contribution < -0.4 is 10.0 Å². The summed E-state index contributed by atoms with van der Waals surface area (Å²) in [7, 11) is -2.70. The fourth-order valence-corrected chi connectivity index (χ4v) is 3.11. The summed E-state index contributed by atoms with van der Waals surface area (Å²) in [6.45, 7) is 3.06. The lowest BCUT2D eigenvalue weighted by molar-refractivity contribution is -0.123. The van der Waals surface area contributed by atoms with Crippen molar-refractivity contribution in [1.29, 1.82) is 0 Å². The molecule has 1 unspecified atom stereocenters. The molecule has 0 fully saturated rings. The van der Waals surface area contributed by atoms with Gasteiger partial charge < -0.3 is 10.1 Å². The highest BCUT2D eigenvalue weighted by molar-refractivity contribution is 7.89. The van der Waals surface area contributed by atoms with Crippen LogP contribution in [-0.2, 0) is 19.6 Å². The van der Waals surface area contributed by atoms with E-state index in [1.807, 2.05) is 0 Å². The number of esters is 1. The van der Waals surface area contributed by atoms with Gasteiger partial charge in [0.05, 0.1) is 10.5 Å². The van der Waals surface area contributed by atoms with Crippen LogP contribution >= 0.6 is 11.6 Å². The Morgan fingerprint density at radius 3 is 2.50 bits per heavy atom. The van der Waals surface area contributed by atoms with E-state index in [9.17, 15) is 22.4 Å². The Morgan fingerprint density at radius 1 is 1.18 bits per heavy atom. The van der Waals surface area contributed by atoms with Gasteiger partial charge in [0.15, 0.2) is 6.10 Å². The monoisotopic (exact) mass is 428 g/mol. The smallest absolute Gasteiger partial charge is 0.341 e. The number of aryl methyl sites for hydroxylation is 1. The highest BCUT2D eigenvalue weighted by Crippen LogP contribution is 2.21. The third-order valence-corrected chi connectivity index (χ3v) is 5.49. The van der Waals surface area contributed by atoms with Crippen LogP contribution in [0.3, 0.4) is 0 Å². The highest BCUT2D eigenvalue weighted by atomic mass is 35.5. The molecule has 28 heavy (non-hydrogen) atoms. The van der Waals surface area contributed by atoms with Gasteiger partial charge in [-0.1, -0.05) is 17.7 Å². The van der Waals surface area contributed by atoms with Crippen molar-refractivity contribution in [3.8, 4) is 0 Å². The van der Waals surface area contributed by atoms with Gasteiger partial charge in [0.1, 0.15) is 5.82 Å². The average Bonchev–Trinajstić information content (AvgIpc) is 2.64. The van der Waals surface area contributed by atoms with Crippen molar-refractivity contribution < 1.29 is 27.1 Å². The van der Waals surface area contributed by atoms with Crippen LogP contribution in [0.4, 0.5) is 10.1 Å². The van der Waals surface area contributed by atoms with E-state index in [-0.39, 0.29) is 4.90 Å². The van der Waals surface area contributed by atoms with Gasteiger partial charge in [-0.05, 0) is 56.8 Å². The topological polar surface area (TPSA) is 102 Å². The van der Waals surface area contributed by atoms with Gasteiger partial charge in [-0.3, -0.25) is 4.79 Å². The summed E-state index contributed by atoms with van der Waals surface area (Å²) < 4.78 is 44.7. The van der Waals surface area contributed by atoms with E-state index < -0.39 is 39.4 Å². The molecule has 0 spiro atoms. The van der Waals surface area contributed by atoms with E-state index in [1.165, 1.54) is 20.0 Å². The van der Waals surface area contributed by atoms with Crippen LogP contribution in [0.2, 0.25) is 5.02 Å². The normalized spacial score (nSPS) is 12.3. The van der Waals surface area contributed by atoms with E-state index in [0.29, 0.717) is 10.7 Å². The van der Waals surface area contributed by atoms with Crippen LogP contribution in [-0.4, -0.2) is 33.4 Å². The molecule has 150 valence electrons. The number of hydrogen-bond donors (Lipinski definition) is 2. The van der Waals surface area contributed by atoms with E-state index in [4.69, 9.17) is 16.3 Å². The van der Waals surface area contributed by atoms with Crippen LogP contribution in [0.25, 0.3) is 0 Å². The summed E-state index contributed by atoms with van der Waals surface area (Å²) in [5.41, 5.74) is 0.580. The fraction of sp³-hybridized carbons (Fsp3) is 0.222. The van der Waals surface area contributed by atoms with E-state index in [2.05, 4.69) is 10.0 Å². The zero-order valence-electron chi connectivity index (χ0n) is 15.2. The number of halogens is 2. The Kier molecular flexibility index (Phi) is 6.76. The standard InChI is InChI=1S/C18H18ClFN2O5S/c1-10-4-5-12(19)8-16(10)22-17(23)11(2)27-18(24)14-9-13(6-7-15(14)20)28(25,26)21-3/h4-9,11,21H,1-3H3,(H,22,23). The lowest BCUT2D eigenvalue weighted by Gasteiger charge is -2.15. The SMILES string of the molecule is CNS(=O)(=O)c1ccc(F)c(C(=O)OC(C)C(=O)Nc2cc(Cl)ccc2C)c1. The largest absolute Gasteiger partial charge is 0.449 e. The molecule has 0 radical (unpaired) electrons. The van der Waals surface area contributed by atoms with Crippen molar-refractivity contribution in [2.24, 2.45) is 0 Å². The van der Waals surface area contributed by atoms with E-state index >= 15 is 0 Å². The minimum absolute atomic E-state index is 0.310. The number of nitrogens with one attached hydrogen (secondary N) is 2. The third kappa shape index (κ3) is 5.06. The van der Waals surface area contributed by atoms with Crippen molar-refractivity contribution in [2.75, 3.05) is 12.4 Å². The first-order valence-electron chi connectivity index (χ1n) is 8.06. The summed E-state index contributed by atoms with van der Waals surface area (Å²) in [6, 6.07) is 7.59. The number of amides is 1. The Morgan fingerprint density at radius 2 is 1.86 bits per heavy atom. The molecule has 1 atom stereocenters. The molecule has 0 saturated heterocycles. The molecular formula is C18H18ClFN2O5S. The second-order valence-corrected chi connectivity index (χ2v) is 8.17. The number of ether oxygens (including phenoxy) is 1. The molecule has 0 aliphatic carbocycles. The minimum Gasteiger partial charge on any atom is -0.449 e. The lowest BCUT2D eigenvalue weighted by atomic mass is 10.2. The molecule has 0 heterocycles. The van der Waals surface area contributed by atoms with Gasteiger partial charge >= 0.3 is 5.97 Å². The predicted octanol–water partition coefficient (Wildman–Crippen LogP) is 2.88. The maximum Gasteiger partial charge on any atom is 0.341 e. The quantitative estimate of drug-likeness (QED) is 0.689. The van der Waals surface area contributed by atoms with Crippen LogP contribution in [0.5, 0.6) is 0 Å². The number of anilines is 1. The molecule has 2 rings (SSSR count). The first-order chi connectivity index (χ1) is 13.0.